The first-order valence-electron chi connectivity index (χ1n) is 11.5. The van der Waals surface area contributed by atoms with E-state index in [2.05, 4.69) is 50.2 Å². The number of carbonyl (C=O) groups is 3. The molecule has 2 aromatic rings. The van der Waals surface area contributed by atoms with E-state index in [1.54, 1.807) is 12.1 Å². The summed E-state index contributed by atoms with van der Waals surface area (Å²) in [6.45, 7) is 10.3. The van der Waals surface area contributed by atoms with E-state index in [1.165, 1.54) is 11.3 Å². The molecule has 1 N–H and O–H groups in total. The number of anilines is 2. The highest BCUT2D eigenvalue weighted by molar-refractivity contribution is 8.18. The van der Waals surface area contributed by atoms with Gasteiger partial charge in [-0.2, -0.15) is 0 Å². The van der Waals surface area contributed by atoms with E-state index in [4.69, 9.17) is 0 Å². The molecule has 1 saturated heterocycles. The van der Waals surface area contributed by atoms with Gasteiger partial charge in [0.25, 0.3) is 11.1 Å². The highest BCUT2D eigenvalue weighted by atomic mass is 32.2. The quantitative estimate of drug-likeness (QED) is 0.572. The average molecular weight is 478 g/mol. The lowest BCUT2D eigenvalue weighted by Gasteiger charge is -2.45. The van der Waals surface area contributed by atoms with Crippen LogP contribution in [0.15, 0.2) is 41.3 Å². The highest BCUT2D eigenvalue weighted by Crippen LogP contribution is 2.44. The maximum Gasteiger partial charge on any atom is 0.294 e. The van der Waals surface area contributed by atoms with Gasteiger partial charge in [0, 0.05) is 24.0 Å². The van der Waals surface area contributed by atoms with E-state index in [1.807, 2.05) is 32.0 Å². The number of nitrogens with zero attached hydrogens (tertiary/aromatic N) is 2. The molecule has 0 bridgehead atoms. The van der Waals surface area contributed by atoms with E-state index in [0.29, 0.717) is 16.5 Å². The maximum atomic E-state index is 13.0. The number of para-hydroxylation sites is 1. The summed E-state index contributed by atoms with van der Waals surface area (Å²) in [5.74, 6) is -0.449. The van der Waals surface area contributed by atoms with E-state index >= 15 is 0 Å². The van der Waals surface area contributed by atoms with Gasteiger partial charge >= 0.3 is 0 Å². The van der Waals surface area contributed by atoms with E-state index < -0.39 is 17.1 Å². The van der Waals surface area contributed by atoms with Crippen LogP contribution in [0.5, 0.6) is 0 Å². The average Bonchev–Trinajstić information content (AvgIpc) is 3.02. The van der Waals surface area contributed by atoms with Crippen LogP contribution < -0.4 is 10.2 Å². The number of hydrogen-bond acceptors (Lipinski definition) is 5. The van der Waals surface area contributed by atoms with Crippen LogP contribution in [0.4, 0.5) is 16.2 Å². The van der Waals surface area contributed by atoms with Crippen molar-refractivity contribution in [1.29, 1.82) is 0 Å². The van der Waals surface area contributed by atoms with Gasteiger partial charge in [-0.15, -0.1) is 0 Å². The molecule has 2 aliphatic heterocycles. The second-order valence-corrected chi connectivity index (χ2v) is 10.9. The number of amides is 3. The summed E-state index contributed by atoms with van der Waals surface area (Å²) in [5.41, 5.74) is 6.07. The molecule has 2 heterocycles. The van der Waals surface area contributed by atoms with Crippen LogP contribution in [0, 0.1) is 13.8 Å². The fraction of sp³-hybridized carbons (Fsp3) is 0.370. The Morgan fingerprint density at radius 1 is 1.18 bits per heavy atom. The van der Waals surface area contributed by atoms with Crippen molar-refractivity contribution >= 4 is 46.3 Å². The molecule has 0 saturated carbocycles. The van der Waals surface area contributed by atoms with Gasteiger partial charge in [0.1, 0.15) is 6.54 Å². The van der Waals surface area contributed by atoms with Gasteiger partial charge in [0.05, 0.1) is 4.91 Å². The number of imide groups is 1. The monoisotopic (exact) mass is 477 g/mol. The van der Waals surface area contributed by atoms with Gasteiger partial charge in [-0.25, -0.2) is 0 Å². The van der Waals surface area contributed by atoms with Crippen molar-refractivity contribution in [2.24, 2.45) is 0 Å². The molecule has 6 nitrogen and oxygen atoms in total. The van der Waals surface area contributed by atoms with Gasteiger partial charge in [-0.05, 0) is 98.3 Å². The van der Waals surface area contributed by atoms with Crippen LogP contribution in [0.3, 0.4) is 0 Å². The maximum absolute atomic E-state index is 13.0. The smallest absolute Gasteiger partial charge is 0.294 e. The first-order valence-corrected chi connectivity index (χ1v) is 12.3. The molecular formula is C27H31N3O3S. The van der Waals surface area contributed by atoms with Gasteiger partial charge in [0.15, 0.2) is 0 Å². The summed E-state index contributed by atoms with van der Waals surface area (Å²) in [4.78, 5) is 41.8. The van der Waals surface area contributed by atoms with Crippen molar-refractivity contribution in [2.75, 3.05) is 23.8 Å². The van der Waals surface area contributed by atoms with Crippen LogP contribution in [0.25, 0.3) is 6.08 Å². The lowest BCUT2D eigenvalue weighted by atomic mass is 9.79. The van der Waals surface area contributed by atoms with Gasteiger partial charge in [-0.3, -0.25) is 19.3 Å². The first-order chi connectivity index (χ1) is 16.0. The Kier molecular flexibility index (Phi) is 6.34. The van der Waals surface area contributed by atoms with Crippen molar-refractivity contribution in [3.8, 4) is 0 Å². The van der Waals surface area contributed by atoms with Crippen LogP contribution in [0.1, 0.15) is 55.4 Å². The number of nitrogens with one attached hydrogen (secondary N) is 1. The fourth-order valence-electron chi connectivity index (χ4n) is 4.71. The van der Waals surface area contributed by atoms with Crippen LogP contribution in [-0.4, -0.2) is 41.1 Å². The van der Waals surface area contributed by atoms with Gasteiger partial charge in [-0.1, -0.05) is 25.1 Å². The second kappa shape index (κ2) is 8.95. The number of thioether (sulfide) groups is 1. The second-order valence-electron chi connectivity index (χ2n) is 9.88. The van der Waals surface area contributed by atoms with Gasteiger partial charge < -0.3 is 10.2 Å². The minimum absolute atomic E-state index is 0.0713. The molecule has 1 unspecified atom stereocenters. The minimum Gasteiger partial charge on any atom is -0.369 e. The Balaban J connectivity index is 1.55. The summed E-state index contributed by atoms with van der Waals surface area (Å²) < 4.78 is 0. The zero-order valence-corrected chi connectivity index (χ0v) is 21.4. The zero-order valence-electron chi connectivity index (χ0n) is 20.6. The largest absolute Gasteiger partial charge is 0.369 e. The minimum atomic E-state index is -0.432. The predicted molar refractivity (Wildman–Crippen MR) is 139 cm³/mol. The Hall–Kier alpha value is -3.06. The summed E-state index contributed by atoms with van der Waals surface area (Å²) >= 11 is 0.883. The third kappa shape index (κ3) is 4.49. The summed E-state index contributed by atoms with van der Waals surface area (Å²) in [5, 5.41) is 2.35. The molecule has 1 atom stereocenters. The molecule has 2 aromatic carbocycles. The number of fused-ring (bicyclic) bond motifs is 1. The van der Waals surface area contributed by atoms with E-state index in [9.17, 15) is 14.4 Å². The number of aryl methyl sites for hydroxylation is 2. The van der Waals surface area contributed by atoms with Crippen LogP contribution in [-0.2, 0) is 9.59 Å². The number of rotatable bonds is 4. The van der Waals surface area contributed by atoms with Crippen molar-refractivity contribution < 1.29 is 14.4 Å². The highest BCUT2D eigenvalue weighted by Gasteiger charge is 2.37. The van der Waals surface area contributed by atoms with Crippen LogP contribution in [0.2, 0.25) is 0 Å². The molecule has 0 aromatic heterocycles. The van der Waals surface area contributed by atoms with E-state index in [-0.39, 0.29) is 12.1 Å². The normalized spacial score (nSPS) is 20.6. The predicted octanol–water partition coefficient (Wildman–Crippen LogP) is 5.70. The number of benzene rings is 2. The van der Waals surface area contributed by atoms with Crippen molar-refractivity contribution in [1.82, 2.24) is 4.90 Å². The topological polar surface area (TPSA) is 69.7 Å². The van der Waals surface area contributed by atoms with Crippen molar-refractivity contribution in [2.45, 2.75) is 52.5 Å². The van der Waals surface area contributed by atoms with Crippen molar-refractivity contribution in [3.05, 3.63) is 63.6 Å². The van der Waals surface area contributed by atoms with Crippen LogP contribution >= 0.6 is 11.8 Å². The summed E-state index contributed by atoms with van der Waals surface area (Å²) in [6.07, 6.45) is 2.82. The lowest BCUT2D eigenvalue weighted by molar-refractivity contribution is -0.127. The molecule has 34 heavy (non-hydrogen) atoms. The SMILES string of the molecule is Cc1cc2c(cc1/C=C1\SC(=O)N(CC(=O)Nc3ccccc3C)C1=O)C(C)CC(C)(C)N2C. The number of hydrogen-bond donors (Lipinski definition) is 1. The molecule has 1 fully saturated rings. The third-order valence-electron chi connectivity index (χ3n) is 6.90. The fourth-order valence-corrected chi connectivity index (χ4v) is 5.54. The Morgan fingerprint density at radius 3 is 2.59 bits per heavy atom. The molecule has 4 rings (SSSR count). The summed E-state index contributed by atoms with van der Waals surface area (Å²) in [6, 6.07) is 11.7. The Labute approximate surface area is 205 Å². The third-order valence-corrected chi connectivity index (χ3v) is 7.81. The molecule has 3 amide bonds. The Morgan fingerprint density at radius 2 is 1.88 bits per heavy atom. The summed E-state index contributed by atoms with van der Waals surface area (Å²) in [7, 11) is 2.12. The zero-order chi connectivity index (χ0) is 24.8. The molecule has 0 radical (unpaired) electrons. The molecular weight excluding hydrogens is 446 g/mol. The molecule has 0 aliphatic carbocycles. The molecule has 0 spiro atoms. The molecule has 2 aliphatic rings. The standard InChI is InChI=1S/C27H31N3O3S/c1-16-9-7-8-10-21(16)28-24(31)15-30-25(32)23(34-26(30)33)13-19-12-20-18(3)14-27(4,5)29(6)22(20)11-17(19)2/h7-13,18H,14-15H2,1-6H3,(H,28,31)/b23-13-. The number of carbonyl (C=O) groups excluding carboxylic acids is 3. The van der Waals surface area contributed by atoms with Gasteiger partial charge in [0.2, 0.25) is 5.91 Å². The lowest BCUT2D eigenvalue weighted by Crippen LogP contribution is -2.45. The van der Waals surface area contributed by atoms with E-state index in [0.717, 1.165) is 39.8 Å². The first kappa shape index (κ1) is 24.1. The molecule has 178 valence electrons. The Bertz CT molecular complexity index is 1220. The molecule has 7 heteroatoms. The van der Waals surface area contributed by atoms with Crippen molar-refractivity contribution in [3.63, 3.8) is 0 Å².